The monoisotopic (exact) mass is 513 g/mol. The number of nitrogens with one attached hydrogen (secondary N) is 2. The number of nitrogens with zero attached hydrogens (tertiary/aromatic N) is 1. The molecule has 4 rings (SSSR count). The molecule has 1 aliphatic heterocycles. The van der Waals surface area contributed by atoms with Gasteiger partial charge in [0.2, 0.25) is 5.91 Å². The van der Waals surface area contributed by atoms with Crippen LogP contribution in [0, 0.1) is 6.92 Å². The summed E-state index contributed by atoms with van der Waals surface area (Å²) < 4.78 is 42.5. The van der Waals surface area contributed by atoms with E-state index in [1.54, 1.807) is 13.0 Å². The van der Waals surface area contributed by atoms with E-state index in [1.165, 1.54) is 18.2 Å². The summed E-state index contributed by atoms with van der Waals surface area (Å²) in [5.74, 6) is -0.731. The summed E-state index contributed by atoms with van der Waals surface area (Å²) in [7, 11) is 0. The van der Waals surface area contributed by atoms with Crippen molar-refractivity contribution in [3.63, 3.8) is 0 Å². The van der Waals surface area contributed by atoms with E-state index in [4.69, 9.17) is 28.0 Å². The molecule has 1 saturated carbocycles. The Kier molecular flexibility index (Phi) is 6.52. The summed E-state index contributed by atoms with van der Waals surface area (Å²) >= 11 is 11.9. The zero-order valence-electron chi connectivity index (χ0n) is 17.9. The fraction of sp³-hybridized carbons (Fsp3) is 0.348. The molecule has 0 spiro atoms. The predicted octanol–water partition coefficient (Wildman–Crippen LogP) is 4.89. The minimum absolute atomic E-state index is 0.0418. The van der Waals surface area contributed by atoms with Crippen molar-refractivity contribution >= 4 is 40.7 Å². The summed E-state index contributed by atoms with van der Waals surface area (Å²) in [5.41, 5.74) is -1.75. The van der Waals surface area contributed by atoms with Gasteiger partial charge in [-0.1, -0.05) is 34.4 Å². The van der Waals surface area contributed by atoms with Crippen molar-refractivity contribution in [2.45, 2.75) is 44.0 Å². The second-order valence-corrected chi connectivity index (χ2v) is 9.22. The Labute approximate surface area is 203 Å². The van der Waals surface area contributed by atoms with E-state index in [2.05, 4.69) is 15.8 Å². The molecule has 180 valence electrons. The lowest BCUT2D eigenvalue weighted by Crippen LogP contribution is -2.42. The first-order chi connectivity index (χ1) is 16.0. The fourth-order valence-electron chi connectivity index (χ4n) is 3.71. The number of amides is 2. The lowest BCUT2D eigenvalue weighted by atomic mass is 9.86. The Hall–Kier alpha value is -2.78. The molecule has 1 aliphatic carbocycles. The van der Waals surface area contributed by atoms with E-state index in [-0.39, 0.29) is 39.8 Å². The highest BCUT2D eigenvalue weighted by molar-refractivity contribution is 6.34. The maximum atomic E-state index is 14.2. The topological polar surface area (TPSA) is 79.8 Å². The van der Waals surface area contributed by atoms with Gasteiger partial charge < -0.3 is 15.5 Å². The van der Waals surface area contributed by atoms with Crippen molar-refractivity contribution in [3.05, 3.63) is 68.7 Å². The summed E-state index contributed by atoms with van der Waals surface area (Å²) in [6.45, 7) is 1.49. The first kappa shape index (κ1) is 24.3. The molecule has 1 heterocycles. The van der Waals surface area contributed by atoms with Crippen molar-refractivity contribution in [2.24, 2.45) is 5.16 Å². The number of hydrogen-bond donors (Lipinski definition) is 2. The lowest BCUT2D eigenvalue weighted by Gasteiger charge is -2.29. The normalized spacial score (nSPS) is 19.9. The van der Waals surface area contributed by atoms with Crippen molar-refractivity contribution in [1.82, 2.24) is 10.6 Å². The van der Waals surface area contributed by atoms with Crippen LogP contribution in [0.5, 0.6) is 0 Å². The number of alkyl halides is 3. The van der Waals surface area contributed by atoms with E-state index in [0.717, 1.165) is 25.0 Å². The quantitative estimate of drug-likeness (QED) is 0.576. The highest BCUT2D eigenvalue weighted by Gasteiger charge is 2.62. The van der Waals surface area contributed by atoms with Gasteiger partial charge in [-0.15, -0.1) is 0 Å². The molecule has 0 radical (unpaired) electrons. The molecule has 2 amide bonds. The third-order valence-electron chi connectivity index (χ3n) is 5.67. The molecule has 2 aliphatic rings. The van der Waals surface area contributed by atoms with Gasteiger partial charge >= 0.3 is 6.18 Å². The third-order valence-corrected chi connectivity index (χ3v) is 6.11. The summed E-state index contributed by atoms with van der Waals surface area (Å²) in [6, 6.07) is 8.34. The van der Waals surface area contributed by atoms with Crippen molar-refractivity contribution < 1.29 is 27.6 Å². The molecule has 6 nitrogen and oxygen atoms in total. The van der Waals surface area contributed by atoms with Crippen LogP contribution in [0.4, 0.5) is 13.2 Å². The second-order valence-electron chi connectivity index (χ2n) is 8.34. The Morgan fingerprint density at radius 1 is 1.15 bits per heavy atom. The molecule has 0 aromatic heterocycles. The molecule has 1 fully saturated rings. The number of oxime groups is 1. The van der Waals surface area contributed by atoms with Gasteiger partial charge in [-0.25, -0.2) is 0 Å². The number of aryl methyl sites for hydroxylation is 1. The first-order valence-electron chi connectivity index (χ1n) is 10.5. The van der Waals surface area contributed by atoms with Crippen LogP contribution in [0.25, 0.3) is 0 Å². The smallest absolute Gasteiger partial charge is 0.374 e. The molecule has 1 atom stereocenters. The maximum absolute atomic E-state index is 14.2. The van der Waals surface area contributed by atoms with Crippen molar-refractivity contribution in [1.29, 1.82) is 0 Å². The van der Waals surface area contributed by atoms with E-state index in [9.17, 15) is 22.8 Å². The van der Waals surface area contributed by atoms with Crippen LogP contribution in [-0.2, 0) is 15.2 Å². The SMILES string of the molecule is Cc1cc(C2=NOC(c3cc(Cl)cc(Cl)c3)(C(F)(F)F)C2)ccc1C(=O)NCC(=O)NC1CC1. The summed E-state index contributed by atoms with van der Waals surface area (Å²) in [4.78, 5) is 29.3. The van der Waals surface area contributed by atoms with E-state index >= 15 is 0 Å². The minimum Gasteiger partial charge on any atom is -0.374 e. The molecule has 0 bridgehead atoms. The molecule has 2 aromatic carbocycles. The fourth-order valence-corrected chi connectivity index (χ4v) is 4.23. The molecular weight excluding hydrogens is 494 g/mol. The van der Waals surface area contributed by atoms with Crippen LogP contribution in [0.1, 0.15) is 46.3 Å². The molecule has 11 heteroatoms. The van der Waals surface area contributed by atoms with Gasteiger partial charge in [0.15, 0.2) is 0 Å². The Morgan fingerprint density at radius 3 is 2.41 bits per heavy atom. The standard InChI is InChI=1S/C23H20Cl2F3N3O3/c1-12-6-13(2-5-18(12)21(33)29-11-20(32)30-17-3-4-17)19-10-22(34-31-19,23(26,27)28)14-7-15(24)9-16(25)8-14/h2,5-9,17H,3-4,10-11H2,1H3,(H,29,33)(H,30,32). The first-order valence-corrected chi connectivity index (χ1v) is 11.2. The zero-order valence-corrected chi connectivity index (χ0v) is 19.4. The largest absolute Gasteiger partial charge is 0.435 e. The second kappa shape index (κ2) is 9.11. The molecule has 34 heavy (non-hydrogen) atoms. The van der Waals surface area contributed by atoms with Crippen LogP contribution in [0.2, 0.25) is 10.0 Å². The van der Waals surface area contributed by atoms with Crippen molar-refractivity contribution in [3.8, 4) is 0 Å². The van der Waals surface area contributed by atoms with Gasteiger partial charge in [0.25, 0.3) is 11.5 Å². The number of carbonyl (C=O) groups excluding carboxylic acids is 2. The maximum Gasteiger partial charge on any atom is 0.435 e. The van der Waals surface area contributed by atoms with Crippen LogP contribution in [-0.4, -0.2) is 36.3 Å². The molecule has 2 aromatic rings. The van der Waals surface area contributed by atoms with Gasteiger partial charge in [-0.05, 0) is 61.2 Å². The summed E-state index contributed by atoms with van der Waals surface area (Å²) in [6.07, 6.45) is -3.52. The molecule has 1 unspecified atom stereocenters. The number of hydrogen-bond acceptors (Lipinski definition) is 4. The average molecular weight is 514 g/mol. The van der Waals surface area contributed by atoms with E-state index in [1.807, 2.05) is 0 Å². The number of carbonyl (C=O) groups is 2. The number of benzene rings is 2. The van der Waals surface area contributed by atoms with Crippen LogP contribution >= 0.6 is 23.2 Å². The zero-order chi connectivity index (χ0) is 24.7. The van der Waals surface area contributed by atoms with Gasteiger partial charge in [0.05, 0.1) is 12.3 Å². The van der Waals surface area contributed by atoms with Gasteiger partial charge in [-0.3, -0.25) is 9.59 Å². The Balaban J connectivity index is 1.51. The van der Waals surface area contributed by atoms with Gasteiger partial charge in [-0.2, -0.15) is 13.2 Å². The van der Waals surface area contributed by atoms with Crippen LogP contribution in [0.15, 0.2) is 41.6 Å². The van der Waals surface area contributed by atoms with Crippen LogP contribution < -0.4 is 10.6 Å². The van der Waals surface area contributed by atoms with E-state index < -0.39 is 24.1 Å². The molecule has 2 N–H and O–H groups in total. The Morgan fingerprint density at radius 2 is 1.82 bits per heavy atom. The average Bonchev–Trinajstić information content (AvgIpc) is 3.43. The predicted molar refractivity (Wildman–Crippen MR) is 121 cm³/mol. The minimum atomic E-state index is -4.80. The highest BCUT2D eigenvalue weighted by atomic mass is 35.5. The van der Waals surface area contributed by atoms with Crippen LogP contribution in [0.3, 0.4) is 0 Å². The number of halogens is 5. The summed E-state index contributed by atoms with van der Waals surface area (Å²) in [5, 5.41) is 9.13. The third kappa shape index (κ3) is 5.00. The highest BCUT2D eigenvalue weighted by Crippen LogP contribution is 2.49. The van der Waals surface area contributed by atoms with Gasteiger partial charge in [0, 0.05) is 33.6 Å². The molecular formula is C23H20Cl2F3N3O3. The number of rotatable bonds is 6. The Bertz CT molecular complexity index is 1160. The van der Waals surface area contributed by atoms with E-state index in [0.29, 0.717) is 16.7 Å². The molecule has 0 saturated heterocycles. The lowest BCUT2D eigenvalue weighted by molar-refractivity contribution is -0.275. The van der Waals surface area contributed by atoms with Crippen molar-refractivity contribution in [2.75, 3.05) is 6.54 Å². The van der Waals surface area contributed by atoms with Gasteiger partial charge in [0.1, 0.15) is 0 Å².